The Labute approximate surface area is 177 Å². The largest absolute Gasteiger partial charge is 0.507 e. The number of hydrogen-bond donors (Lipinski definition) is 2. The lowest BCUT2D eigenvalue weighted by Crippen LogP contribution is -2.27. The number of benzene rings is 2. The quantitative estimate of drug-likeness (QED) is 0.462. The van der Waals surface area contributed by atoms with E-state index in [1.54, 1.807) is 38.4 Å². The molecule has 2 amide bonds. The first-order chi connectivity index (χ1) is 13.8. The highest BCUT2D eigenvalue weighted by Crippen LogP contribution is 2.36. The molecule has 8 nitrogen and oxygen atoms in total. The number of hydrogen-bond acceptors (Lipinski definition) is 6. The van der Waals surface area contributed by atoms with Crippen molar-refractivity contribution in [3.63, 3.8) is 0 Å². The molecule has 2 N–H and O–H groups in total. The number of hydrazone groups is 1. The summed E-state index contributed by atoms with van der Waals surface area (Å²) >= 11 is 3.41. The summed E-state index contributed by atoms with van der Waals surface area (Å²) in [5.74, 6) is -0.0165. The van der Waals surface area contributed by atoms with Gasteiger partial charge in [0.25, 0.3) is 11.8 Å². The molecule has 2 aromatic rings. The number of ether oxygens (including phenoxy) is 2. The molecule has 2 rings (SSSR count). The summed E-state index contributed by atoms with van der Waals surface area (Å²) in [6.07, 6.45) is 1.43. The second kappa shape index (κ2) is 10.5. The maximum absolute atomic E-state index is 12.1. The molecule has 0 unspecified atom stereocenters. The molecule has 0 spiro atoms. The second-order valence-electron chi connectivity index (χ2n) is 6.06. The lowest BCUT2D eigenvalue weighted by molar-refractivity contribution is -0.130. The number of carbonyl (C=O) groups is 2. The van der Waals surface area contributed by atoms with E-state index in [0.717, 1.165) is 0 Å². The average molecular weight is 464 g/mol. The SMILES string of the molecule is CCOc1cc(C=NNC(=O)c2ccccc2O)cc(Br)c1OCC(=O)N(C)C. The summed E-state index contributed by atoms with van der Waals surface area (Å²) in [5.41, 5.74) is 3.11. The van der Waals surface area contributed by atoms with Crippen molar-refractivity contribution in [1.29, 1.82) is 0 Å². The molecule has 0 fully saturated rings. The molecule has 154 valence electrons. The Morgan fingerprint density at radius 2 is 1.97 bits per heavy atom. The summed E-state index contributed by atoms with van der Waals surface area (Å²) in [4.78, 5) is 25.3. The van der Waals surface area contributed by atoms with Crippen molar-refractivity contribution in [2.45, 2.75) is 6.92 Å². The van der Waals surface area contributed by atoms with E-state index in [4.69, 9.17) is 9.47 Å². The number of phenolic OH excluding ortho intramolecular Hbond substituents is 1. The number of amides is 2. The van der Waals surface area contributed by atoms with E-state index >= 15 is 0 Å². The van der Waals surface area contributed by atoms with Crippen LogP contribution in [0, 0.1) is 0 Å². The topological polar surface area (TPSA) is 100 Å². The van der Waals surface area contributed by atoms with Crippen molar-refractivity contribution in [2.75, 3.05) is 27.3 Å². The zero-order chi connectivity index (χ0) is 21.4. The summed E-state index contributed by atoms with van der Waals surface area (Å²) in [7, 11) is 3.29. The molecule has 0 aliphatic carbocycles. The smallest absolute Gasteiger partial charge is 0.275 e. The van der Waals surface area contributed by atoms with Crippen molar-refractivity contribution in [3.05, 3.63) is 52.0 Å². The van der Waals surface area contributed by atoms with Crippen LogP contribution in [0.15, 0.2) is 46.0 Å². The Hall–Kier alpha value is -3.07. The Bertz CT molecular complexity index is 915. The van der Waals surface area contributed by atoms with Crippen LogP contribution in [-0.2, 0) is 4.79 Å². The lowest BCUT2D eigenvalue weighted by Gasteiger charge is -2.16. The number of nitrogens with zero attached hydrogens (tertiary/aromatic N) is 2. The summed E-state index contributed by atoms with van der Waals surface area (Å²) < 4.78 is 11.8. The van der Waals surface area contributed by atoms with Gasteiger partial charge in [-0.15, -0.1) is 0 Å². The van der Waals surface area contributed by atoms with Crippen LogP contribution in [0.5, 0.6) is 17.2 Å². The van der Waals surface area contributed by atoms with Crippen LogP contribution in [0.25, 0.3) is 0 Å². The molecular formula is C20H22BrN3O5. The van der Waals surface area contributed by atoms with Gasteiger partial charge in [-0.2, -0.15) is 5.10 Å². The van der Waals surface area contributed by atoms with E-state index in [1.165, 1.54) is 23.2 Å². The number of rotatable bonds is 8. The van der Waals surface area contributed by atoms with Crippen LogP contribution in [-0.4, -0.2) is 55.3 Å². The standard InChI is InChI=1S/C20H22BrN3O5/c1-4-28-17-10-13(9-15(21)19(17)29-12-18(26)24(2)3)11-22-23-20(27)14-7-5-6-8-16(14)25/h5-11,25H,4,12H2,1-3H3,(H,23,27). The van der Waals surface area contributed by atoms with Crippen molar-refractivity contribution in [1.82, 2.24) is 10.3 Å². The lowest BCUT2D eigenvalue weighted by atomic mass is 10.2. The van der Waals surface area contributed by atoms with E-state index in [9.17, 15) is 14.7 Å². The first kappa shape index (κ1) is 22.2. The number of para-hydroxylation sites is 1. The normalized spacial score (nSPS) is 10.6. The second-order valence-corrected chi connectivity index (χ2v) is 6.91. The molecule has 9 heteroatoms. The minimum atomic E-state index is -0.536. The minimum Gasteiger partial charge on any atom is -0.507 e. The Balaban J connectivity index is 2.14. The van der Waals surface area contributed by atoms with Crippen molar-refractivity contribution >= 4 is 34.0 Å². The number of aromatic hydroxyl groups is 1. The third-order valence-electron chi connectivity index (χ3n) is 3.70. The molecule has 29 heavy (non-hydrogen) atoms. The molecule has 0 saturated heterocycles. The van der Waals surface area contributed by atoms with Gasteiger partial charge >= 0.3 is 0 Å². The zero-order valence-electron chi connectivity index (χ0n) is 16.3. The van der Waals surface area contributed by atoms with Gasteiger partial charge in [0.05, 0.1) is 22.9 Å². The van der Waals surface area contributed by atoms with Gasteiger partial charge in [0.2, 0.25) is 0 Å². The molecule has 0 saturated carbocycles. The van der Waals surface area contributed by atoms with Gasteiger partial charge < -0.3 is 19.5 Å². The van der Waals surface area contributed by atoms with Crippen LogP contribution in [0.4, 0.5) is 0 Å². The fraction of sp³-hybridized carbons (Fsp3) is 0.250. The number of likely N-dealkylation sites (N-methyl/N-ethyl adjacent to an activating group) is 1. The van der Waals surface area contributed by atoms with E-state index in [1.807, 2.05) is 6.92 Å². The van der Waals surface area contributed by atoms with Crippen LogP contribution in [0.3, 0.4) is 0 Å². The molecule has 0 aliphatic rings. The minimum absolute atomic E-state index is 0.121. The van der Waals surface area contributed by atoms with Gasteiger partial charge in [0.15, 0.2) is 18.1 Å². The number of phenols is 1. The van der Waals surface area contributed by atoms with E-state index in [0.29, 0.717) is 28.1 Å². The first-order valence-corrected chi connectivity index (χ1v) is 9.53. The highest BCUT2D eigenvalue weighted by Gasteiger charge is 2.15. The fourth-order valence-corrected chi connectivity index (χ4v) is 2.79. The third kappa shape index (κ3) is 6.21. The van der Waals surface area contributed by atoms with Crippen LogP contribution in [0.2, 0.25) is 0 Å². The third-order valence-corrected chi connectivity index (χ3v) is 4.29. The molecular weight excluding hydrogens is 442 g/mol. The summed E-state index contributed by atoms with van der Waals surface area (Å²) in [6.45, 7) is 2.10. The monoisotopic (exact) mass is 463 g/mol. The highest BCUT2D eigenvalue weighted by atomic mass is 79.9. The fourth-order valence-electron chi connectivity index (χ4n) is 2.22. The highest BCUT2D eigenvalue weighted by molar-refractivity contribution is 9.10. The van der Waals surface area contributed by atoms with Gasteiger partial charge in [0, 0.05) is 14.1 Å². The number of halogens is 1. The van der Waals surface area contributed by atoms with Gasteiger partial charge in [-0.1, -0.05) is 12.1 Å². The van der Waals surface area contributed by atoms with Crippen molar-refractivity contribution < 1.29 is 24.2 Å². The Morgan fingerprint density at radius 3 is 2.62 bits per heavy atom. The van der Waals surface area contributed by atoms with Gasteiger partial charge in [-0.25, -0.2) is 5.43 Å². The summed E-state index contributed by atoms with van der Waals surface area (Å²) in [5, 5.41) is 13.6. The van der Waals surface area contributed by atoms with Gasteiger partial charge in [-0.3, -0.25) is 9.59 Å². The molecule has 0 radical (unpaired) electrons. The zero-order valence-corrected chi connectivity index (χ0v) is 17.9. The molecule has 2 aromatic carbocycles. The van der Waals surface area contributed by atoms with Gasteiger partial charge in [0.1, 0.15) is 5.75 Å². The maximum atomic E-state index is 12.1. The van der Waals surface area contributed by atoms with Crippen LogP contribution >= 0.6 is 15.9 Å². The first-order valence-electron chi connectivity index (χ1n) is 8.74. The predicted molar refractivity (Wildman–Crippen MR) is 113 cm³/mol. The molecule has 0 bridgehead atoms. The molecule has 0 aliphatic heterocycles. The average Bonchev–Trinajstić information content (AvgIpc) is 2.67. The number of carbonyl (C=O) groups excluding carboxylic acids is 2. The molecule has 0 aromatic heterocycles. The molecule has 0 atom stereocenters. The van der Waals surface area contributed by atoms with Crippen LogP contribution < -0.4 is 14.9 Å². The Kier molecular flexibility index (Phi) is 8.02. The van der Waals surface area contributed by atoms with E-state index in [-0.39, 0.29) is 23.8 Å². The summed E-state index contributed by atoms with van der Waals surface area (Å²) in [6, 6.07) is 9.57. The van der Waals surface area contributed by atoms with E-state index < -0.39 is 5.91 Å². The van der Waals surface area contributed by atoms with E-state index in [2.05, 4.69) is 26.5 Å². The van der Waals surface area contributed by atoms with Gasteiger partial charge in [-0.05, 0) is 52.7 Å². The maximum Gasteiger partial charge on any atom is 0.275 e. The van der Waals surface area contributed by atoms with Crippen molar-refractivity contribution in [2.24, 2.45) is 5.10 Å². The Morgan fingerprint density at radius 1 is 1.24 bits per heavy atom. The van der Waals surface area contributed by atoms with Crippen LogP contribution in [0.1, 0.15) is 22.8 Å². The number of nitrogens with one attached hydrogen (secondary N) is 1. The predicted octanol–water partition coefficient (Wildman–Crippen LogP) is 2.78. The van der Waals surface area contributed by atoms with Crippen molar-refractivity contribution in [3.8, 4) is 17.2 Å². The molecule has 0 heterocycles.